The van der Waals surface area contributed by atoms with Gasteiger partial charge in [0.15, 0.2) is 0 Å². The van der Waals surface area contributed by atoms with Crippen molar-refractivity contribution in [2.24, 2.45) is 0 Å². The van der Waals surface area contributed by atoms with E-state index in [0.717, 1.165) is 16.7 Å². The van der Waals surface area contributed by atoms with E-state index in [0.29, 0.717) is 0 Å². The molecule has 8 aromatic rings. The van der Waals surface area contributed by atoms with Crippen LogP contribution in [0.4, 0.5) is 0 Å². The van der Waals surface area contributed by atoms with Crippen molar-refractivity contribution in [2.75, 3.05) is 0 Å². The van der Waals surface area contributed by atoms with Crippen LogP contribution >= 0.6 is 5.51 Å². The molecule has 0 aliphatic heterocycles. The third-order valence-electron chi connectivity index (χ3n) is 7.82. The van der Waals surface area contributed by atoms with Gasteiger partial charge in [-0.05, 0) is 0 Å². The fourth-order valence-electron chi connectivity index (χ4n) is 5.95. The molecule has 2 heterocycles. The van der Waals surface area contributed by atoms with Gasteiger partial charge in [-0.2, -0.15) is 0 Å². The standard InChI is InChI=1S/C35H23N2PSe/c39-38(26-12-2-1-3-13-26,27-19-18-24-10-4-5-11-25(24)22-27)28-20-21-29-30-14-6-8-16-33(30)37-34-17-9-7-15-32(34)36-35(37)31(29)23-28/h1-23H. The molecule has 0 aliphatic carbocycles. The van der Waals surface area contributed by atoms with E-state index in [1.807, 2.05) is 0 Å². The van der Waals surface area contributed by atoms with E-state index < -0.39 is 5.51 Å². The Bertz CT molecular complexity index is 2270. The summed E-state index contributed by atoms with van der Waals surface area (Å²) in [4.78, 5) is 5.17. The Morgan fingerprint density at radius 2 is 1.15 bits per heavy atom. The Balaban J connectivity index is 1.49. The predicted molar refractivity (Wildman–Crippen MR) is 170 cm³/mol. The van der Waals surface area contributed by atoms with Gasteiger partial charge >= 0.3 is 235 Å². The molecule has 0 amide bonds. The molecule has 39 heavy (non-hydrogen) atoms. The molecule has 0 spiro atoms. The summed E-state index contributed by atoms with van der Waals surface area (Å²) in [7, 11) is 0. The molecule has 0 saturated carbocycles. The van der Waals surface area contributed by atoms with Crippen LogP contribution in [0.3, 0.4) is 0 Å². The summed E-state index contributed by atoms with van der Waals surface area (Å²) in [5.74, 6) is 0. The second kappa shape index (κ2) is 8.76. The van der Waals surface area contributed by atoms with Crippen molar-refractivity contribution >= 4 is 85.6 Å². The van der Waals surface area contributed by atoms with Crippen LogP contribution in [0.25, 0.3) is 49.1 Å². The van der Waals surface area contributed by atoms with E-state index >= 15 is 0 Å². The number of imidazole rings is 1. The van der Waals surface area contributed by atoms with Crippen molar-refractivity contribution in [3.8, 4) is 0 Å². The summed E-state index contributed by atoms with van der Waals surface area (Å²) in [6.07, 6.45) is 0. The SMILES string of the molecule is [Se]=P(c1ccccc1)(c1ccc2ccccc2c1)c1ccc2c3ccccc3n3c4ccccc4nc3c2c1. The maximum absolute atomic E-state index is 5.17. The average molecular weight is 582 g/mol. The minimum atomic E-state index is -2.07. The summed E-state index contributed by atoms with van der Waals surface area (Å²) in [6.45, 7) is 0. The first-order valence-electron chi connectivity index (χ1n) is 13.1. The number of para-hydroxylation sites is 3. The number of rotatable bonds is 3. The van der Waals surface area contributed by atoms with Crippen LogP contribution in [-0.4, -0.2) is 24.5 Å². The molecule has 2 aromatic heterocycles. The first-order chi connectivity index (χ1) is 19.2. The zero-order valence-electron chi connectivity index (χ0n) is 21.0. The fraction of sp³-hybridized carbons (Fsp3) is 0. The van der Waals surface area contributed by atoms with Gasteiger partial charge < -0.3 is 0 Å². The van der Waals surface area contributed by atoms with Crippen LogP contribution in [-0.2, 0) is 0 Å². The molecule has 1 unspecified atom stereocenters. The Kier molecular flexibility index (Phi) is 5.15. The minimum absolute atomic E-state index is 1.00. The van der Waals surface area contributed by atoms with Crippen molar-refractivity contribution in [3.05, 3.63) is 140 Å². The number of aromatic nitrogens is 2. The monoisotopic (exact) mass is 582 g/mol. The van der Waals surface area contributed by atoms with Crippen molar-refractivity contribution in [3.63, 3.8) is 0 Å². The quantitative estimate of drug-likeness (QED) is 0.121. The molecule has 0 saturated heterocycles. The van der Waals surface area contributed by atoms with E-state index in [-0.39, 0.29) is 0 Å². The van der Waals surface area contributed by atoms with Gasteiger partial charge in [-0.25, -0.2) is 0 Å². The third kappa shape index (κ3) is 3.41. The molecule has 2 nitrogen and oxygen atoms in total. The predicted octanol–water partition coefficient (Wildman–Crippen LogP) is 7.32. The van der Waals surface area contributed by atoms with Crippen LogP contribution in [0.15, 0.2) is 140 Å². The van der Waals surface area contributed by atoms with Crippen molar-refractivity contribution in [1.29, 1.82) is 0 Å². The molecule has 0 fully saturated rings. The summed E-state index contributed by atoms with van der Waals surface area (Å²) in [5, 5.41) is 10.1. The van der Waals surface area contributed by atoms with Gasteiger partial charge in [-0.15, -0.1) is 0 Å². The van der Waals surface area contributed by atoms with E-state index in [1.54, 1.807) is 0 Å². The number of fused-ring (bicyclic) bond motifs is 9. The molecular weight excluding hydrogens is 558 g/mol. The van der Waals surface area contributed by atoms with E-state index in [2.05, 4.69) is 159 Å². The number of benzene rings is 6. The number of nitrogens with zero attached hydrogens (tertiary/aromatic N) is 2. The molecule has 6 aromatic carbocycles. The van der Waals surface area contributed by atoms with Gasteiger partial charge in [-0.3, -0.25) is 0 Å². The van der Waals surface area contributed by atoms with Gasteiger partial charge in [0, 0.05) is 0 Å². The molecule has 184 valence electrons. The fourth-order valence-corrected chi connectivity index (χ4v) is 10.8. The van der Waals surface area contributed by atoms with Crippen molar-refractivity contribution < 1.29 is 0 Å². The van der Waals surface area contributed by atoms with Crippen LogP contribution in [0.2, 0.25) is 0 Å². The maximum atomic E-state index is 5.17. The molecule has 4 heteroatoms. The third-order valence-corrected chi connectivity index (χ3v) is 14.8. The second-order valence-electron chi connectivity index (χ2n) is 9.98. The molecule has 0 aliphatic rings. The summed E-state index contributed by atoms with van der Waals surface area (Å²) >= 11 is 3.76. The Morgan fingerprint density at radius 1 is 0.487 bits per heavy atom. The van der Waals surface area contributed by atoms with Crippen LogP contribution in [0, 0.1) is 0 Å². The Hall–Kier alpha value is -4.00. The van der Waals surface area contributed by atoms with Crippen molar-refractivity contribution in [2.45, 2.75) is 0 Å². The van der Waals surface area contributed by atoms with Gasteiger partial charge in [0.2, 0.25) is 0 Å². The molecule has 0 bridgehead atoms. The Labute approximate surface area is 233 Å². The second-order valence-corrected chi connectivity index (χ2v) is 16.2. The zero-order chi connectivity index (χ0) is 26.0. The molecule has 0 N–H and O–H groups in total. The average Bonchev–Trinajstić information content (AvgIpc) is 3.41. The van der Waals surface area contributed by atoms with Crippen LogP contribution in [0.5, 0.6) is 0 Å². The first kappa shape index (κ1) is 22.9. The Morgan fingerprint density at radius 3 is 2.03 bits per heavy atom. The van der Waals surface area contributed by atoms with E-state index in [1.165, 1.54) is 48.4 Å². The van der Waals surface area contributed by atoms with Gasteiger partial charge in [0.25, 0.3) is 0 Å². The van der Waals surface area contributed by atoms with E-state index in [9.17, 15) is 0 Å². The number of pyridine rings is 1. The summed E-state index contributed by atoms with van der Waals surface area (Å²) in [6, 6.07) is 50.6. The molecule has 0 radical (unpaired) electrons. The molecular formula is C35H23N2PSe. The zero-order valence-corrected chi connectivity index (χ0v) is 23.6. The number of hydrogen-bond donors (Lipinski definition) is 0. The van der Waals surface area contributed by atoms with E-state index in [4.69, 9.17) is 4.98 Å². The van der Waals surface area contributed by atoms with Crippen LogP contribution in [0.1, 0.15) is 0 Å². The van der Waals surface area contributed by atoms with Gasteiger partial charge in [0.05, 0.1) is 0 Å². The van der Waals surface area contributed by atoms with Gasteiger partial charge in [0.1, 0.15) is 0 Å². The molecule has 1 atom stereocenters. The number of hydrogen-bond acceptors (Lipinski definition) is 1. The molecule has 8 rings (SSSR count). The van der Waals surface area contributed by atoms with Gasteiger partial charge in [-0.1, -0.05) is 0 Å². The first-order valence-corrected chi connectivity index (χ1v) is 17.1. The summed E-state index contributed by atoms with van der Waals surface area (Å²) < 4.78 is 2.33. The van der Waals surface area contributed by atoms with Crippen LogP contribution < -0.4 is 15.9 Å². The summed E-state index contributed by atoms with van der Waals surface area (Å²) in [5.41, 5.74) is 2.27. The van der Waals surface area contributed by atoms with Crippen molar-refractivity contribution in [1.82, 2.24) is 9.38 Å². The normalized spacial score (nSPS) is 13.4. The topological polar surface area (TPSA) is 17.3 Å².